The Morgan fingerprint density at radius 2 is 1.77 bits per heavy atom. The van der Waals surface area contributed by atoms with Crippen molar-refractivity contribution in [3.05, 3.63) is 47.8 Å². The largest absolute Gasteiger partial charge is 0.458 e. The van der Waals surface area contributed by atoms with Crippen LogP contribution in [0, 0.1) is 0 Å². The average Bonchev–Trinajstić information content (AvgIpc) is 2.67. The van der Waals surface area contributed by atoms with Crippen LogP contribution in [0.4, 0.5) is 36.8 Å². The number of benzene rings is 1. The predicted octanol–water partition coefficient (Wildman–Crippen LogP) is 4.59. The molecule has 1 aliphatic rings. The lowest BCUT2D eigenvalue weighted by Crippen LogP contribution is -2.46. The van der Waals surface area contributed by atoms with Gasteiger partial charge < -0.3 is 15.0 Å². The molecule has 2 heterocycles. The Hall–Kier alpha value is -3.05. The van der Waals surface area contributed by atoms with Crippen molar-refractivity contribution < 1.29 is 35.9 Å². The number of halogens is 6. The molecule has 1 saturated heterocycles. The zero-order valence-corrected chi connectivity index (χ0v) is 15.3. The van der Waals surface area contributed by atoms with Gasteiger partial charge in [0.25, 0.3) is 0 Å². The first-order valence-corrected chi connectivity index (χ1v) is 8.82. The van der Waals surface area contributed by atoms with Crippen LogP contribution in [0.2, 0.25) is 0 Å². The monoisotopic (exact) mass is 434 g/mol. The molecule has 2 aromatic rings. The van der Waals surface area contributed by atoms with Gasteiger partial charge in [0.2, 0.25) is 0 Å². The first-order chi connectivity index (χ1) is 14.0. The number of carbonyl (C=O) groups excluding carboxylic acids is 1. The van der Waals surface area contributed by atoms with Crippen molar-refractivity contribution in [2.75, 3.05) is 18.4 Å². The summed E-state index contributed by atoms with van der Waals surface area (Å²) in [7, 11) is 0. The van der Waals surface area contributed by atoms with Crippen molar-refractivity contribution in [1.29, 1.82) is 0 Å². The van der Waals surface area contributed by atoms with Crippen LogP contribution in [-0.2, 0) is 12.4 Å². The summed E-state index contributed by atoms with van der Waals surface area (Å²) in [5.41, 5.74) is -1.80. The minimum absolute atomic E-state index is 0.0616. The zero-order valence-electron chi connectivity index (χ0n) is 15.3. The zero-order chi connectivity index (χ0) is 21.9. The Bertz CT molecular complexity index is 885. The summed E-state index contributed by atoms with van der Waals surface area (Å²) in [5.74, 6) is 0. The molecular weight excluding hydrogens is 418 g/mol. The molecule has 0 radical (unpaired) electrons. The van der Waals surface area contributed by atoms with Crippen LogP contribution >= 0.6 is 0 Å². The Labute approximate surface area is 166 Å². The molecule has 162 valence electrons. The molecule has 0 aliphatic carbocycles. The van der Waals surface area contributed by atoms with Crippen molar-refractivity contribution in [3.8, 4) is 6.01 Å². The number of alkyl halides is 6. The summed E-state index contributed by atoms with van der Waals surface area (Å²) >= 11 is 0. The summed E-state index contributed by atoms with van der Waals surface area (Å²) < 4.78 is 81.4. The molecule has 6 nitrogen and oxygen atoms in total. The highest BCUT2D eigenvalue weighted by molar-refractivity contribution is 5.89. The molecule has 1 N–H and O–H groups in total. The van der Waals surface area contributed by atoms with E-state index in [1.165, 1.54) is 4.90 Å². The summed E-state index contributed by atoms with van der Waals surface area (Å²) in [4.78, 5) is 20.8. The number of aromatic nitrogens is 2. The third-order valence-corrected chi connectivity index (χ3v) is 4.32. The molecule has 1 unspecified atom stereocenters. The number of rotatable bonds is 3. The number of likely N-dealkylation sites (tertiary alicyclic amines) is 1. The number of nitrogens with zero attached hydrogens (tertiary/aromatic N) is 3. The van der Waals surface area contributed by atoms with Gasteiger partial charge in [-0.05, 0) is 43.2 Å². The number of carbonyl (C=O) groups is 1. The number of ether oxygens (including phenoxy) is 1. The van der Waals surface area contributed by atoms with Crippen LogP contribution in [0.3, 0.4) is 0 Å². The van der Waals surface area contributed by atoms with E-state index in [-0.39, 0.29) is 12.2 Å². The van der Waals surface area contributed by atoms with Gasteiger partial charge in [0, 0.05) is 18.4 Å². The van der Waals surface area contributed by atoms with Crippen molar-refractivity contribution in [3.63, 3.8) is 0 Å². The fraction of sp³-hybridized carbons (Fsp3) is 0.389. The molecule has 12 heteroatoms. The number of hydrogen-bond acceptors (Lipinski definition) is 4. The van der Waals surface area contributed by atoms with E-state index in [4.69, 9.17) is 4.74 Å². The SMILES string of the molecule is O=C(Nc1ccc(C(F)(F)F)cc1)N1CCCC(Oc2nccc(C(F)(F)F)n2)C1. The van der Waals surface area contributed by atoms with E-state index in [2.05, 4.69) is 15.3 Å². The minimum atomic E-state index is -4.64. The summed E-state index contributed by atoms with van der Waals surface area (Å²) in [6, 6.07) is 3.68. The smallest absolute Gasteiger partial charge is 0.433 e. The van der Waals surface area contributed by atoms with Crippen LogP contribution in [0.25, 0.3) is 0 Å². The van der Waals surface area contributed by atoms with E-state index < -0.39 is 41.8 Å². The Kier molecular flexibility index (Phi) is 6.04. The van der Waals surface area contributed by atoms with Gasteiger partial charge in [0.05, 0.1) is 12.1 Å². The normalized spacial score (nSPS) is 17.5. The standard InChI is InChI=1S/C18H16F6N4O2/c19-17(20,21)11-3-5-12(6-4-11)26-16(29)28-9-1-2-13(10-28)30-15-25-8-7-14(27-15)18(22,23)24/h3-8,13H,1-2,9-10H2,(H,26,29). The van der Waals surface area contributed by atoms with E-state index in [1.54, 1.807) is 0 Å². The quantitative estimate of drug-likeness (QED) is 0.718. The third-order valence-electron chi connectivity index (χ3n) is 4.32. The first-order valence-electron chi connectivity index (χ1n) is 8.82. The fourth-order valence-corrected chi connectivity index (χ4v) is 2.87. The number of hydrogen-bond donors (Lipinski definition) is 1. The molecule has 2 amide bonds. The molecule has 0 bridgehead atoms. The van der Waals surface area contributed by atoms with Gasteiger partial charge in [-0.2, -0.15) is 31.3 Å². The summed E-state index contributed by atoms with van der Waals surface area (Å²) in [6.45, 7) is 0.419. The topological polar surface area (TPSA) is 67.4 Å². The van der Waals surface area contributed by atoms with Crippen LogP contribution in [0.5, 0.6) is 6.01 Å². The van der Waals surface area contributed by atoms with Gasteiger partial charge in [0.1, 0.15) is 6.10 Å². The Morgan fingerprint density at radius 1 is 1.07 bits per heavy atom. The van der Waals surface area contributed by atoms with Crippen LogP contribution in [0.1, 0.15) is 24.1 Å². The highest BCUT2D eigenvalue weighted by atomic mass is 19.4. The highest BCUT2D eigenvalue weighted by Crippen LogP contribution is 2.30. The van der Waals surface area contributed by atoms with Gasteiger partial charge in [-0.1, -0.05) is 0 Å². The number of nitrogens with one attached hydrogen (secondary N) is 1. The van der Waals surface area contributed by atoms with Gasteiger partial charge in [0.15, 0.2) is 5.69 Å². The molecular formula is C18H16F6N4O2. The second kappa shape index (κ2) is 8.36. The molecule has 1 atom stereocenters. The lowest BCUT2D eigenvalue weighted by molar-refractivity contribution is -0.141. The maximum atomic E-state index is 12.7. The van der Waals surface area contributed by atoms with Crippen molar-refractivity contribution in [1.82, 2.24) is 14.9 Å². The minimum Gasteiger partial charge on any atom is -0.458 e. The van der Waals surface area contributed by atoms with E-state index in [0.29, 0.717) is 19.4 Å². The van der Waals surface area contributed by atoms with Crippen molar-refractivity contribution >= 4 is 11.7 Å². The van der Waals surface area contributed by atoms with Crippen molar-refractivity contribution in [2.24, 2.45) is 0 Å². The maximum absolute atomic E-state index is 12.7. The number of anilines is 1. The summed E-state index contributed by atoms with van der Waals surface area (Å²) in [6.07, 6.45) is -7.82. The second-order valence-corrected chi connectivity index (χ2v) is 6.56. The molecule has 30 heavy (non-hydrogen) atoms. The molecule has 1 aliphatic heterocycles. The molecule has 1 aromatic heterocycles. The highest BCUT2D eigenvalue weighted by Gasteiger charge is 2.34. The Morgan fingerprint density at radius 3 is 2.40 bits per heavy atom. The average molecular weight is 434 g/mol. The molecule has 0 spiro atoms. The number of amides is 2. The fourth-order valence-electron chi connectivity index (χ4n) is 2.87. The van der Waals surface area contributed by atoms with Crippen LogP contribution in [-0.4, -0.2) is 40.1 Å². The van der Waals surface area contributed by atoms with E-state index >= 15 is 0 Å². The third kappa shape index (κ3) is 5.51. The maximum Gasteiger partial charge on any atom is 0.433 e. The summed E-state index contributed by atoms with van der Waals surface area (Å²) in [5, 5.41) is 2.49. The first kappa shape index (κ1) is 21.7. The Balaban J connectivity index is 1.60. The second-order valence-electron chi connectivity index (χ2n) is 6.56. The van der Waals surface area contributed by atoms with Gasteiger partial charge >= 0.3 is 24.4 Å². The van der Waals surface area contributed by atoms with Crippen LogP contribution < -0.4 is 10.1 Å². The van der Waals surface area contributed by atoms with Gasteiger partial charge in [-0.3, -0.25) is 0 Å². The van der Waals surface area contributed by atoms with E-state index in [1.807, 2.05) is 0 Å². The molecule has 1 fully saturated rings. The van der Waals surface area contributed by atoms with Crippen molar-refractivity contribution in [2.45, 2.75) is 31.3 Å². The molecule has 1 aromatic carbocycles. The van der Waals surface area contributed by atoms with E-state index in [9.17, 15) is 31.1 Å². The number of piperidine rings is 1. The number of urea groups is 1. The lowest BCUT2D eigenvalue weighted by atomic mass is 10.1. The van der Waals surface area contributed by atoms with Crippen LogP contribution in [0.15, 0.2) is 36.5 Å². The molecule has 0 saturated carbocycles. The van der Waals surface area contributed by atoms with E-state index in [0.717, 1.165) is 36.5 Å². The lowest BCUT2D eigenvalue weighted by Gasteiger charge is -2.32. The predicted molar refractivity (Wildman–Crippen MR) is 92.7 cm³/mol. The molecule has 3 rings (SSSR count). The van der Waals surface area contributed by atoms with Gasteiger partial charge in [-0.15, -0.1) is 0 Å². The van der Waals surface area contributed by atoms with Gasteiger partial charge in [-0.25, -0.2) is 9.78 Å².